The van der Waals surface area contributed by atoms with Gasteiger partial charge >= 0.3 is 0 Å². The molecule has 1 aromatic heterocycles. The van der Waals surface area contributed by atoms with E-state index in [0.29, 0.717) is 11.5 Å². The maximum atomic E-state index is 11.8. The van der Waals surface area contributed by atoms with Gasteiger partial charge < -0.3 is 9.73 Å². The maximum Gasteiger partial charge on any atom is 0.227 e. The van der Waals surface area contributed by atoms with Crippen molar-refractivity contribution in [3.63, 3.8) is 0 Å². The number of rotatable bonds is 3. The van der Waals surface area contributed by atoms with Crippen molar-refractivity contribution in [3.05, 3.63) is 46.4 Å². The first-order chi connectivity index (χ1) is 10.9. The van der Waals surface area contributed by atoms with Gasteiger partial charge in [-0.05, 0) is 48.9 Å². The number of aromatic nitrogens is 1. The van der Waals surface area contributed by atoms with E-state index in [0.717, 1.165) is 26.8 Å². The summed E-state index contributed by atoms with van der Waals surface area (Å²) in [6, 6.07) is 11.4. The number of carbonyl (C=O) groups is 1. The lowest BCUT2D eigenvalue weighted by atomic mass is 10.1. The summed E-state index contributed by atoms with van der Waals surface area (Å²) in [6.45, 7) is 5.74. The van der Waals surface area contributed by atoms with Gasteiger partial charge in [-0.2, -0.15) is 0 Å². The molecule has 1 amide bonds. The SMILES string of the molecule is Cc1cc(-c2nc3cc(NC(=O)C(C)C)ccc3o2)ccc1Br. The summed E-state index contributed by atoms with van der Waals surface area (Å²) in [5.41, 5.74) is 4.19. The van der Waals surface area contributed by atoms with Gasteiger partial charge in [-0.25, -0.2) is 4.98 Å². The highest BCUT2D eigenvalue weighted by atomic mass is 79.9. The molecule has 0 aliphatic carbocycles. The highest BCUT2D eigenvalue weighted by Gasteiger charge is 2.12. The van der Waals surface area contributed by atoms with E-state index in [4.69, 9.17) is 4.42 Å². The molecule has 118 valence electrons. The van der Waals surface area contributed by atoms with Gasteiger partial charge in [0.05, 0.1) is 0 Å². The first-order valence-corrected chi connectivity index (χ1v) is 8.21. The molecular weight excluding hydrogens is 356 g/mol. The van der Waals surface area contributed by atoms with Crippen molar-refractivity contribution in [2.45, 2.75) is 20.8 Å². The minimum Gasteiger partial charge on any atom is -0.436 e. The van der Waals surface area contributed by atoms with Crippen molar-refractivity contribution in [2.24, 2.45) is 5.92 Å². The number of amides is 1. The molecule has 3 rings (SSSR count). The Kier molecular flexibility index (Phi) is 4.22. The summed E-state index contributed by atoms with van der Waals surface area (Å²) in [5, 5.41) is 2.87. The maximum absolute atomic E-state index is 11.8. The number of nitrogens with one attached hydrogen (secondary N) is 1. The minimum atomic E-state index is -0.0655. The molecule has 4 nitrogen and oxygen atoms in total. The summed E-state index contributed by atoms with van der Waals surface area (Å²) in [5.74, 6) is 0.490. The van der Waals surface area contributed by atoms with Crippen molar-refractivity contribution in [1.29, 1.82) is 0 Å². The van der Waals surface area contributed by atoms with Crippen LogP contribution in [0, 0.1) is 12.8 Å². The molecule has 0 atom stereocenters. The predicted octanol–water partition coefficient (Wildman–Crippen LogP) is 5.16. The third kappa shape index (κ3) is 3.29. The van der Waals surface area contributed by atoms with E-state index in [1.165, 1.54) is 0 Å². The number of hydrogen-bond acceptors (Lipinski definition) is 3. The number of hydrogen-bond donors (Lipinski definition) is 1. The van der Waals surface area contributed by atoms with Crippen LogP contribution in [-0.4, -0.2) is 10.9 Å². The van der Waals surface area contributed by atoms with E-state index in [2.05, 4.69) is 26.2 Å². The number of aryl methyl sites for hydroxylation is 1. The summed E-state index contributed by atoms with van der Waals surface area (Å²) < 4.78 is 6.87. The van der Waals surface area contributed by atoms with E-state index in [9.17, 15) is 4.79 Å². The molecule has 0 aliphatic rings. The molecule has 0 bridgehead atoms. The third-order valence-corrected chi connectivity index (χ3v) is 4.47. The highest BCUT2D eigenvalue weighted by molar-refractivity contribution is 9.10. The van der Waals surface area contributed by atoms with Crippen LogP contribution >= 0.6 is 15.9 Å². The van der Waals surface area contributed by atoms with Crippen LogP contribution in [0.15, 0.2) is 45.3 Å². The van der Waals surface area contributed by atoms with Gasteiger partial charge in [0.25, 0.3) is 0 Å². The van der Waals surface area contributed by atoms with Gasteiger partial charge in [0.1, 0.15) is 5.52 Å². The number of benzene rings is 2. The topological polar surface area (TPSA) is 55.1 Å². The van der Waals surface area contributed by atoms with E-state index in [-0.39, 0.29) is 11.8 Å². The molecule has 1 heterocycles. The van der Waals surface area contributed by atoms with Gasteiger partial charge in [-0.15, -0.1) is 0 Å². The van der Waals surface area contributed by atoms with Crippen LogP contribution in [0.25, 0.3) is 22.6 Å². The molecule has 0 spiro atoms. The number of halogens is 1. The molecule has 23 heavy (non-hydrogen) atoms. The number of carbonyl (C=O) groups excluding carboxylic acids is 1. The fourth-order valence-corrected chi connectivity index (χ4v) is 2.44. The second kappa shape index (κ2) is 6.16. The first kappa shape index (κ1) is 15.7. The Hall–Kier alpha value is -2.14. The fraction of sp³-hybridized carbons (Fsp3) is 0.222. The molecule has 0 saturated carbocycles. The van der Waals surface area contributed by atoms with E-state index >= 15 is 0 Å². The highest BCUT2D eigenvalue weighted by Crippen LogP contribution is 2.28. The Morgan fingerprint density at radius 3 is 2.70 bits per heavy atom. The molecule has 3 aromatic rings. The van der Waals surface area contributed by atoms with Gasteiger partial charge in [-0.3, -0.25) is 4.79 Å². The number of anilines is 1. The van der Waals surface area contributed by atoms with Crippen LogP contribution in [-0.2, 0) is 4.79 Å². The van der Waals surface area contributed by atoms with Crippen LogP contribution in [0.4, 0.5) is 5.69 Å². The lowest BCUT2D eigenvalue weighted by Crippen LogP contribution is -2.17. The van der Waals surface area contributed by atoms with Crippen molar-refractivity contribution in [3.8, 4) is 11.5 Å². The molecule has 0 fully saturated rings. The Labute approximate surface area is 143 Å². The molecular formula is C18H17BrN2O2. The number of nitrogens with zero attached hydrogens (tertiary/aromatic N) is 1. The Morgan fingerprint density at radius 1 is 1.22 bits per heavy atom. The fourth-order valence-electron chi connectivity index (χ4n) is 2.19. The van der Waals surface area contributed by atoms with Crippen molar-refractivity contribution in [1.82, 2.24) is 4.98 Å². The van der Waals surface area contributed by atoms with Crippen LogP contribution in [0.3, 0.4) is 0 Å². The molecule has 0 aliphatic heterocycles. The lowest BCUT2D eigenvalue weighted by Gasteiger charge is -2.06. The first-order valence-electron chi connectivity index (χ1n) is 7.42. The third-order valence-electron chi connectivity index (χ3n) is 3.58. The van der Waals surface area contributed by atoms with Gasteiger partial charge in [0.2, 0.25) is 11.8 Å². The summed E-state index contributed by atoms with van der Waals surface area (Å²) in [6.07, 6.45) is 0. The second-order valence-electron chi connectivity index (χ2n) is 5.81. The largest absolute Gasteiger partial charge is 0.436 e. The molecule has 0 unspecified atom stereocenters. The van der Waals surface area contributed by atoms with E-state index in [1.54, 1.807) is 0 Å². The van der Waals surface area contributed by atoms with Crippen molar-refractivity contribution in [2.75, 3.05) is 5.32 Å². The summed E-state index contributed by atoms with van der Waals surface area (Å²) in [7, 11) is 0. The quantitative estimate of drug-likeness (QED) is 0.690. The zero-order valence-corrected chi connectivity index (χ0v) is 14.8. The smallest absolute Gasteiger partial charge is 0.227 e. The zero-order valence-electron chi connectivity index (χ0n) is 13.2. The predicted molar refractivity (Wildman–Crippen MR) is 95.3 cm³/mol. The Bertz CT molecular complexity index is 884. The van der Waals surface area contributed by atoms with E-state index < -0.39 is 0 Å². The van der Waals surface area contributed by atoms with Crippen LogP contribution in [0.1, 0.15) is 19.4 Å². The van der Waals surface area contributed by atoms with Crippen LogP contribution in [0.2, 0.25) is 0 Å². The van der Waals surface area contributed by atoms with Gasteiger partial charge in [-0.1, -0.05) is 29.8 Å². The Morgan fingerprint density at radius 2 is 2.00 bits per heavy atom. The summed E-state index contributed by atoms with van der Waals surface area (Å²) >= 11 is 3.49. The monoisotopic (exact) mass is 372 g/mol. The number of oxazole rings is 1. The molecule has 1 N–H and O–H groups in total. The number of fused-ring (bicyclic) bond motifs is 1. The van der Waals surface area contributed by atoms with Crippen molar-refractivity contribution >= 4 is 38.6 Å². The molecule has 0 saturated heterocycles. The molecule has 5 heteroatoms. The summed E-state index contributed by atoms with van der Waals surface area (Å²) in [4.78, 5) is 16.3. The second-order valence-corrected chi connectivity index (χ2v) is 6.66. The molecule has 0 radical (unpaired) electrons. The van der Waals surface area contributed by atoms with Gasteiger partial charge in [0.15, 0.2) is 5.58 Å². The van der Waals surface area contributed by atoms with Crippen LogP contribution in [0.5, 0.6) is 0 Å². The zero-order chi connectivity index (χ0) is 16.6. The molecule has 2 aromatic carbocycles. The normalized spacial score (nSPS) is 11.2. The Balaban J connectivity index is 1.95. The lowest BCUT2D eigenvalue weighted by molar-refractivity contribution is -0.118. The van der Waals surface area contributed by atoms with Gasteiger partial charge in [0, 0.05) is 21.6 Å². The standard InChI is InChI=1S/C18H17BrN2O2/c1-10(2)17(22)20-13-5-7-16-15(9-13)21-18(23-16)12-4-6-14(19)11(3)8-12/h4-10H,1-3H3,(H,20,22). The minimum absolute atomic E-state index is 0.0170. The van der Waals surface area contributed by atoms with Crippen molar-refractivity contribution < 1.29 is 9.21 Å². The van der Waals surface area contributed by atoms with Crippen LogP contribution < -0.4 is 5.32 Å². The van der Waals surface area contributed by atoms with E-state index in [1.807, 2.05) is 57.2 Å². The average molecular weight is 373 g/mol. The average Bonchev–Trinajstić information content (AvgIpc) is 2.93.